The molecule has 0 spiro atoms. The Labute approximate surface area is 125 Å². The molecular weight excluding hydrogens is 278 g/mol. The van der Waals surface area contributed by atoms with Crippen molar-refractivity contribution in [2.24, 2.45) is 5.73 Å². The van der Waals surface area contributed by atoms with E-state index in [2.05, 4.69) is 6.92 Å². The Hall–Kier alpha value is -1.26. The molecule has 0 bridgehead atoms. The third kappa shape index (κ3) is 5.39. The molecule has 0 aliphatic heterocycles. The molecule has 2 N–H and O–H groups in total. The highest BCUT2D eigenvalue weighted by Crippen LogP contribution is 2.21. The second-order valence-corrected chi connectivity index (χ2v) is 5.27. The molecule has 0 heterocycles. The van der Waals surface area contributed by atoms with Crippen molar-refractivity contribution in [3.05, 3.63) is 29.3 Å². The van der Waals surface area contributed by atoms with Gasteiger partial charge in [-0.25, -0.2) is 0 Å². The van der Waals surface area contributed by atoms with E-state index in [1.54, 1.807) is 19.1 Å². The number of ether oxygens (including phenoxy) is 2. The van der Waals surface area contributed by atoms with E-state index in [9.17, 15) is 4.79 Å². The minimum atomic E-state index is -0.633. The highest BCUT2D eigenvalue weighted by Gasteiger charge is 2.23. The van der Waals surface area contributed by atoms with Gasteiger partial charge in [-0.3, -0.25) is 4.79 Å². The molecule has 1 aromatic rings. The molecular formula is C15H22ClNO3. The van der Waals surface area contributed by atoms with Gasteiger partial charge in [0.2, 0.25) is 0 Å². The number of carbonyl (C=O) groups is 1. The molecule has 112 valence electrons. The van der Waals surface area contributed by atoms with Crippen molar-refractivity contribution in [3.63, 3.8) is 0 Å². The number of hydrogen-bond donors (Lipinski definition) is 1. The van der Waals surface area contributed by atoms with Crippen LogP contribution in [-0.2, 0) is 9.53 Å². The number of rotatable bonds is 7. The maximum atomic E-state index is 11.5. The summed E-state index contributed by atoms with van der Waals surface area (Å²) in [6.07, 6.45) is 1.11. The molecule has 0 saturated carbocycles. The molecule has 4 nitrogen and oxygen atoms in total. The summed E-state index contributed by atoms with van der Waals surface area (Å²) in [6.45, 7) is 5.46. The zero-order valence-electron chi connectivity index (χ0n) is 12.1. The highest BCUT2D eigenvalue weighted by atomic mass is 35.5. The van der Waals surface area contributed by atoms with Gasteiger partial charge in [-0.05, 0) is 38.5 Å². The summed E-state index contributed by atoms with van der Waals surface area (Å²) in [6, 6.07) is 6.53. The molecule has 5 heteroatoms. The first kappa shape index (κ1) is 16.8. The van der Waals surface area contributed by atoms with Gasteiger partial charge in [0, 0.05) is 5.02 Å². The number of hydrogen-bond acceptors (Lipinski definition) is 4. The topological polar surface area (TPSA) is 61.5 Å². The van der Waals surface area contributed by atoms with Crippen molar-refractivity contribution in [2.45, 2.75) is 51.9 Å². The SMILES string of the molecule is CCC[C@@H](Oc1cccc(Cl)c1)[C@H](C)OC(=O)[C@H](C)N. The van der Waals surface area contributed by atoms with E-state index < -0.39 is 12.0 Å². The molecule has 0 fully saturated rings. The number of carbonyl (C=O) groups excluding carboxylic acids is 1. The Morgan fingerprint density at radius 3 is 2.65 bits per heavy atom. The summed E-state index contributed by atoms with van der Waals surface area (Å²) in [4.78, 5) is 11.5. The zero-order valence-corrected chi connectivity index (χ0v) is 12.9. The second-order valence-electron chi connectivity index (χ2n) is 4.83. The van der Waals surface area contributed by atoms with Crippen LogP contribution in [-0.4, -0.2) is 24.2 Å². The first-order valence-electron chi connectivity index (χ1n) is 6.82. The van der Waals surface area contributed by atoms with Crippen molar-refractivity contribution in [3.8, 4) is 5.75 Å². The van der Waals surface area contributed by atoms with E-state index in [1.807, 2.05) is 19.1 Å². The lowest BCUT2D eigenvalue weighted by atomic mass is 10.1. The molecule has 0 unspecified atom stereocenters. The van der Waals surface area contributed by atoms with Crippen LogP contribution >= 0.6 is 11.6 Å². The zero-order chi connectivity index (χ0) is 15.1. The van der Waals surface area contributed by atoms with Crippen molar-refractivity contribution in [1.82, 2.24) is 0 Å². The van der Waals surface area contributed by atoms with Crippen molar-refractivity contribution in [1.29, 1.82) is 0 Å². The summed E-state index contributed by atoms with van der Waals surface area (Å²) in [5.74, 6) is 0.243. The molecule has 0 amide bonds. The van der Waals surface area contributed by atoms with Gasteiger partial charge in [0.15, 0.2) is 0 Å². The standard InChI is InChI=1S/C15H22ClNO3/c1-4-6-14(11(3)19-15(18)10(2)17)20-13-8-5-7-12(16)9-13/h5,7-11,14H,4,6,17H2,1-3H3/t10-,11-,14+/m0/s1. The minimum absolute atomic E-state index is 0.221. The molecule has 3 atom stereocenters. The molecule has 1 rings (SSSR count). The fraction of sp³-hybridized carbons (Fsp3) is 0.533. The third-order valence-corrected chi connectivity index (χ3v) is 3.09. The maximum absolute atomic E-state index is 11.5. The Balaban J connectivity index is 2.70. The van der Waals surface area contributed by atoms with Crippen molar-refractivity contribution >= 4 is 17.6 Å². The van der Waals surface area contributed by atoms with Gasteiger partial charge in [0.1, 0.15) is 24.0 Å². The molecule has 1 aromatic carbocycles. The first-order valence-corrected chi connectivity index (χ1v) is 7.20. The van der Waals surface area contributed by atoms with Crippen molar-refractivity contribution < 1.29 is 14.3 Å². The normalized spacial score (nSPS) is 15.2. The van der Waals surface area contributed by atoms with Crippen LogP contribution in [0, 0.1) is 0 Å². The third-order valence-electron chi connectivity index (χ3n) is 2.85. The summed E-state index contributed by atoms with van der Waals surface area (Å²) < 4.78 is 11.2. The number of esters is 1. The number of nitrogens with two attached hydrogens (primary N) is 1. The van der Waals surface area contributed by atoms with Crippen LogP contribution in [0.2, 0.25) is 5.02 Å². The van der Waals surface area contributed by atoms with Crippen LogP contribution < -0.4 is 10.5 Å². The summed E-state index contributed by atoms with van der Waals surface area (Å²) >= 11 is 5.93. The average Bonchev–Trinajstić information content (AvgIpc) is 2.38. The van der Waals surface area contributed by atoms with E-state index >= 15 is 0 Å². The fourth-order valence-corrected chi connectivity index (χ4v) is 1.94. The molecule has 0 aromatic heterocycles. The van der Waals surface area contributed by atoms with Gasteiger partial charge in [0.25, 0.3) is 0 Å². The van der Waals surface area contributed by atoms with Gasteiger partial charge in [-0.2, -0.15) is 0 Å². The molecule has 20 heavy (non-hydrogen) atoms. The van der Waals surface area contributed by atoms with Crippen LogP contribution in [0.25, 0.3) is 0 Å². The fourth-order valence-electron chi connectivity index (χ4n) is 1.76. The Morgan fingerprint density at radius 1 is 1.40 bits per heavy atom. The van der Waals surface area contributed by atoms with E-state index in [0.717, 1.165) is 12.8 Å². The molecule has 0 aliphatic carbocycles. The van der Waals surface area contributed by atoms with E-state index in [1.165, 1.54) is 0 Å². The molecule has 0 aliphatic rings. The van der Waals surface area contributed by atoms with Gasteiger partial charge in [0.05, 0.1) is 0 Å². The van der Waals surface area contributed by atoms with Gasteiger partial charge < -0.3 is 15.2 Å². The van der Waals surface area contributed by atoms with E-state index in [-0.39, 0.29) is 12.2 Å². The van der Waals surface area contributed by atoms with Crippen LogP contribution in [0.4, 0.5) is 0 Å². The largest absolute Gasteiger partial charge is 0.487 e. The van der Waals surface area contributed by atoms with Gasteiger partial charge in [-0.1, -0.05) is 31.0 Å². The number of halogens is 1. The highest BCUT2D eigenvalue weighted by molar-refractivity contribution is 6.30. The monoisotopic (exact) mass is 299 g/mol. The number of benzene rings is 1. The lowest BCUT2D eigenvalue weighted by molar-refractivity contribution is -0.154. The Kier molecular flexibility index (Phi) is 6.82. The first-order chi connectivity index (χ1) is 9.43. The minimum Gasteiger partial charge on any atom is -0.487 e. The van der Waals surface area contributed by atoms with Gasteiger partial charge >= 0.3 is 5.97 Å². The van der Waals surface area contributed by atoms with E-state index in [0.29, 0.717) is 10.8 Å². The maximum Gasteiger partial charge on any atom is 0.323 e. The van der Waals surface area contributed by atoms with Crippen molar-refractivity contribution in [2.75, 3.05) is 0 Å². The summed E-state index contributed by atoms with van der Waals surface area (Å²) in [7, 11) is 0. The van der Waals surface area contributed by atoms with Crippen LogP contribution in [0.15, 0.2) is 24.3 Å². The summed E-state index contributed by atoms with van der Waals surface area (Å²) in [5.41, 5.74) is 5.50. The van der Waals surface area contributed by atoms with Crippen LogP contribution in [0.3, 0.4) is 0 Å². The molecule has 0 radical (unpaired) electrons. The van der Waals surface area contributed by atoms with Gasteiger partial charge in [-0.15, -0.1) is 0 Å². The average molecular weight is 300 g/mol. The second kappa shape index (κ2) is 8.12. The smallest absolute Gasteiger partial charge is 0.323 e. The summed E-state index contributed by atoms with van der Waals surface area (Å²) in [5, 5.41) is 0.609. The predicted octanol–water partition coefficient (Wildman–Crippen LogP) is 3.17. The quantitative estimate of drug-likeness (QED) is 0.786. The van der Waals surface area contributed by atoms with E-state index in [4.69, 9.17) is 26.8 Å². The molecule has 0 saturated heterocycles. The Bertz CT molecular complexity index is 437. The lowest BCUT2D eigenvalue weighted by Crippen LogP contribution is -2.38. The Morgan fingerprint density at radius 2 is 2.10 bits per heavy atom. The van der Waals surface area contributed by atoms with Crippen LogP contribution in [0.5, 0.6) is 5.75 Å². The predicted molar refractivity (Wildman–Crippen MR) is 80.0 cm³/mol. The lowest BCUT2D eigenvalue weighted by Gasteiger charge is -2.25. The van der Waals surface area contributed by atoms with Crippen LogP contribution in [0.1, 0.15) is 33.6 Å².